The zero-order valence-electron chi connectivity index (χ0n) is 21.2. The lowest BCUT2D eigenvalue weighted by Crippen LogP contribution is -2.51. The maximum absolute atomic E-state index is 13.8. The van der Waals surface area contributed by atoms with Crippen molar-refractivity contribution in [3.63, 3.8) is 0 Å². The third-order valence-electron chi connectivity index (χ3n) is 8.07. The van der Waals surface area contributed by atoms with E-state index in [9.17, 15) is 9.59 Å². The van der Waals surface area contributed by atoms with Crippen molar-refractivity contribution in [2.75, 3.05) is 55.1 Å². The van der Waals surface area contributed by atoms with Gasteiger partial charge in [0, 0.05) is 38.7 Å². The molecule has 1 aromatic rings. The summed E-state index contributed by atoms with van der Waals surface area (Å²) in [5.74, 6) is 1.52. The number of hydrogen-bond donors (Lipinski definition) is 0. The van der Waals surface area contributed by atoms with Gasteiger partial charge < -0.3 is 28.9 Å². The van der Waals surface area contributed by atoms with Crippen molar-refractivity contribution in [1.29, 1.82) is 0 Å². The molecule has 1 aromatic carbocycles. The number of hydrogen-bond acceptors (Lipinski definition) is 6. The van der Waals surface area contributed by atoms with Gasteiger partial charge in [0.2, 0.25) is 17.6 Å². The highest BCUT2D eigenvalue weighted by molar-refractivity contribution is 5.90. The summed E-state index contributed by atoms with van der Waals surface area (Å²) < 4.78 is 16.7. The van der Waals surface area contributed by atoms with Gasteiger partial charge in [-0.2, -0.15) is 0 Å². The molecule has 0 unspecified atom stereocenters. The van der Waals surface area contributed by atoms with Crippen LogP contribution in [0.25, 0.3) is 0 Å². The van der Waals surface area contributed by atoms with E-state index in [4.69, 9.17) is 14.2 Å². The van der Waals surface area contributed by atoms with Crippen LogP contribution in [0.5, 0.6) is 17.2 Å². The highest BCUT2D eigenvalue weighted by atomic mass is 16.5. The molecular weight excluding hydrogens is 434 g/mol. The van der Waals surface area contributed by atoms with Crippen LogP contribution in [-0.4, -0.2) is 87.6 Å². The number of benzene rings is 1. The largest absolute Gasteiger partial charge is 0.493 e. The highest BCUT2D eigenvalue weighted by Gasteiger charge is 2.46. The molecule has 0 saturated carbocycles. The molecule has 2 amide bonds. The SMILES string of the molecule is COc1ccc([C@H]2[C@H](C(=O)N(C)C[C@@H]3CCCN4CCCC[C@H]34)CC(=O)N2C)c(OC)c1OC. The van der Waals surface area contributed by atoms with Gasteiger partial charge in [-0.15, -0.1) is 0 Å². The number of carbonyl (C=O) groups is 2. The Bertz CT molecular complexity index is 905. The second-order valence-electron chi connectivity index (χ2n) is 9.90. The van der Waals surface area contributed by atoms with Crippen molar-refractivity contribution in [3.8, 4) is 17.2 Å². The molecule has 0 spiro atoms. The summed E-state index contributed by atoms with van der Waals surface area (Å²) in [4.78, 5) is 32.7. The monoisotopic (exact) mass is 473 g/mol. The van der Waals surface area contributed by atoms with Gasteiger partial charge in [0.15, 0.2) is 11.5 Å². The number of methoxy groups -OCH3 is 3. The molecule has 4 atom stereocenters. The summed E-state index contributed by atoms with van der Waals surface area (Å²) in [5, 5.41) is 0. The Balaban J connectivity index is 1.58. The van der Waals surface area contributed by atoms with Gasteiger partial charge in [-0.25, -0.2) is 0 Å². The zero-order chi connectivity index (χ0) is 24.4. The first-order valence-corrected chi connectivity index (χ1v) is 12.4. The van der Waals surface area contributed by atoms with Crippen LogP contribution in [0.15, 0.2) is 12.1 Å². The van der Waals surface area contributed by atoms with Gasteiger partial charge in [0.05, 0.1) is 33.3 Å². The average Bonchev–Trinajstić information content (AvgIpc) is 3.16. The second-order valence-corrected chi connectivity index (χ2v) is 9.90. The fourth-order valence-electron chi connectivity index (χ4n) is 6.39. The lowest BCUT2D eigenvalue weighted by molar-refractivity contribution is -0.136. The molecular formula is C26H39N3O5. The number of piperidine rings is 2. The first-order chi connectivity index (χ1) is 16.4. The van der Waals surface area contributed by atoms with Crippen LogP contribution in [0.2, 0.25) is 0 Å². The molecule has 3 saturated heterocycles. The van der Waals surface area contributed by atoms with Crippen molar-refractivity contribution in [3.05, 3.63) is 17.7 Å². The maximum Gasteiger partial charge on any atom is 0.228 e. The van der Waals surface area contributed by atoms with Crippen molar-refractivity contribution in [2.24, 2.45) is 11.8 Å². The molecule has 34 heavy (non-hydrogen) atoms. The summed E-state index contributed by atoms with van der Waals surface area (Å²) in [6, 6.07) is 3.83. The summed E-state index contributed by atoms with van der Waals surface area (Å²) in [5.41, 5.74) is 0.761. The molecule has 3 heterocycles. The first kappa shape index (κ1) is 24.6. The van der Waals surface area contributed by atoms with Crippen LogP contribution < -0.4 is 14.2 Å². The van der Waals surface area contributed by atoms with Gasteiger partial charge >= 0.3 is 0 Å². The Kier molecular flexibility index (Phi) is 7.55. The van der Waals surface area contributed by atoms with Crippen LogP contribution in [0.4, 0.5) is 0 Å². The molecule has 3 fully saturated rings. The molecule has 8 nitrogen and oxygen atoms in total. The fraction of sp³-hybridized carbons (Fsp3) is 0.692. The lowest BCUT2D eigenvalue weighted by Gasteiger charge is -2.45. The fourth-order valence-corrected chi connectivity index (χ4v) is 6.39. The third kappa shape index (κ3) is 4.44. The second kappa shape index (κ2) is 10.4. The Hall–Kier alpha value is -2.48. The Morgan fingerprint density at radius 2 is 1.76 bits per heavy atom. The molecule has 0 aromatic heterocycles. The van der Waals surface area contributed by atoms with Crippen LogP contribution in [0, 0.1) is 11.8 Å². The Morgan fingerprint density at radius 3 is 2.47 bits per heavy atom. The number of carbonyl (C=O) groups excluding carboxylic acids is 2. The van der Waals surface area contributed by atoms with E-state index >= 15 is 0 Å². The molecule has 3 aliphatic heterocycles. The van der Waals surface area contributed by atoms with E-state index < -0.39 is 12.0 Å². The van der Waals surface area contributed by atoms with E-state index in [1.165, 1.54) is 38.8 Å². The Labute approximate surface area is 203 Å². The standard InChI is InChI=1S/C26H39N3O5/c1-27(16-17-9-8-14-29-13-7-6-10-20(17)29)26(31)19-15-22(30)28(2)23(19)18-11-12-21(32-3)25(34-5)24(18)33-4/h11-12,17,19-20,23H,6-10,13-16H2,1-5H3/t17-,19+,20+,23-/m0/s1. The molecule has 0 radical (unpaired) electrons. The van der Waals surface area contributed by atoms with E-state index in [2.05, 4.69) is 4.90 Å². The molecule has 0 N–H and O–H groups in total. The van der Waals surface area contributed by atoms with Crippen molar-refractivity contribution < 1.29 is 23.8 Å². The lowest BCUT2D eigenvalue weighted by atomic mass is 9.83. The number of nitrogens with zero attached hydrogens (tertiary/aromatic N) is 3. The predicted molar refractivity (Wildman–Crippen MR) is 129 cm³/mol. The number of amides is 2. The van der Waals surface area contributed by atoms with Crippen LogP contribution in [0.1, 0.15) is 50.1 Å². The summed E-state index contributed by atoms with van der Waals surface area (Å²) in [6.45, 7) is 3.11. The van der Waals surface area contributed by atoms with Crippen LogP contribution >= 0.6 is 0 Å². The van der Waals surface area contributed by atoms with E-state index in [0.29, 0.717) is 29.2 Å². The summed E-state index contributed by atoms with van der Waals surface area (Å²) in [6.07, 6.45) is 6.33. The van der Waals surface area contributed by atoms with Crippen LogP contribution in [0.3, 0.4) is 0 Å². The van der Waals surface area contributed by atoms with E-state index in [-0.39, 0.29) is 18.2 Å². The number of fused-ring (bicyclic) bond motifs is 1. The maximum atomic E-state index is 13.8. The molecule has 188 valence electrons. The summed E-state index contributed by atoms with van der Waals surface area (Å²) in [7, 11) is 8.36. The zero-order valence-corrected chi connectivity index (χ0v) is 21.2. The van der Waals surface area contributed by atoms with Crippen molar-refractivity contribution in [1.82, 2.24) is 14.7 Å². The molecule has 0 aliphatic carbocycles. The minimum Gasteiger partial charge on any atom is -0.493 e. The van der Waals surface area contributed by atoms with E-state index in [1.54, 1.807) is 39.3 Å². The van der Waals surface area contributed by atoms with Crippen LogP contribution in [-0.2, 0) is 9.59 Å². The Morgan fingerprint density at radius 1 is 1.03 bits per heavy atom. The highest BCUT2D eigenvalue weighted by Crippen LogP contribution is 2.48. The average molecular weight is 474 g/mol. The third-order valence-corrected chi connectivity index (χ3v) is 8.07. The minimum atomic E-state index is -0.472. The molecule has 8 heteroatoms. The predicted octanol–water partition coefficient (Wildman–Crippen LogP) is 2.95. The van der Waals surface area contributed by atoms with Crippen molar-refractivity contribution in [2.45, 2.75) is 50.6 Å². The first-order valence-electron chi connectivity index (χ1n) is 12.4. The minimum absolute atomic E-state index is 0.0208. The van der Waals surface area contributed by atoms with Gasteiger partial charge in [-0.1, -0.05) is 6.42 Å². The van der Waals surface area contributed by atoms with Crippen molar-refractivity contribution >= 4 is 11.8 Å². The van der Waals surface area contributed by atoms with E-state index in [1.807, 2.05) is 18.0 Å². The normalized spacial score (nSPS) is 27.3. The topological polar surface area (TPSA) is 71.6 Å². The summed E-state index contributed by atoms with van der Waals surface area (Å²) >= 11 is 0. The molecule has 4 rings (SSSR count). The van der Waals surface area contributed by atoms with Gasteiger partial charge in [-0.3, -0.25) is 9.59 Å². The molecule has 0 bridgehead atoms. The van der Waals surface area contributed by atoms with Gasteiger partial charge in [0.1, 0.15) is 0 Å². The van der Waals surface area contributed by atoms with E-state index in [0.717, 1.165) is 18.5 Å². The number of ether oxygens (including phenoxy) is 3. The quantitative estimate of drug-likeness (QED) is 0.606. The molecule has 3 aliphatic rings. The van der Waals surface area contributed by atoms with Gasteiger partial charge in [0.25, 0.3) is 0 Å². The smallest absolute Gasteiger partial charge is 0.228 e. The van der Waals surface area contributed by atoms with Gasteiger partial charge in [-0.05, 0) is 56.8 Å². The number of likely N-dealkylation sites (tertiary alicyclic amines) is 1. The number of rotatable bonds is 7.